The van der Waals surface area contributed by atoms with Crippen LogP contribution in [0.25, 0.3) is 0 Å². The first-order valence-corrected chi connectivity index (χ1v) is 7.61. The van der Waals surface area contributed by atoms with Crippen molar-refractivity contribution >= 4 is 5.84 Å². The van der Waals surface area contributed by atoms with Gasteiger partial charge in [-0.15, -0.1) is 0 Å². The minimum atomic E-state index is -0.212. The highest BCUT2D eigenvalue weighted by atomic mass is 16.4. The van der Waals surface area contributed by atoms with Crippen LogP contribution >= 0.6 is 0 Å². The van der Waals surface area contributed by atoms with E-state index in [1.54, 1.807) is 0 Å². The Kier molecular flexibility index (Phi) is 5.83. The standard InChI is InChI=1S/C15H32N4O/c1-14(2,13(16)17-20)8-6-7-9-19-11-10-18(5)15(3,4)12-19/h20H,6-12H2,1-5H3,(H2,16,17). The molecular weight excluding hydrogens is 252 g/mol. The molecule has 1 heterocycles. The van der Waals surface area contributed by atoms with Gasteiger partial charge in [-0.25, -0.2) is 0 Å². The number of rotatable bonds is 6. The van der Waals surface area contributed by atoms with Crippen molar-refractivity contribution in [3.8, 4) is 0 Å². The molecule has 20 heavy (non-hydrogen) atoms. The molecule has 1 aliphatic heterocycles. The minimum Gasteiger partial charge on any atom is -0.409 e. The van der Waals surface area contributed by atoms with Crippen LogP contribution in [-0.4, -0.2) is 59.6 Å². The van der Waals surface area contributed by atoms with Crippen LogP contribution in [0.2, 0.25) is 0 Å². The lowest BCUT2D eigenvalue weighted by Crippen LogP contribution is -2.57. The molecule has 0 spiro atoms. The summed E-state index contributed by atoms with van der Waals surface area (Å²) in [6.45, 7) is 13.2. The largest absolute Gasteiger partial charge is 0.409 e. The fourth-order valence-electron chi connectivity index (χ4n) is 2.70. The summed E-state index contributed by atoms with van der Waals surface area (Å²) >= 11 is 0. The third-order valence-electron chi connectivity index (χ3n) is 4.72. The third kappa shape index (κ3) is 4.63. The maximum absolute atomic E-state index is 8.76. The summed E-state index contributed by atoms with van der Waals surface area (Å²) in [6.07, 6.45) is 3.23. The first-order chi connectivity index (χ1) is 9.19. The SMILES string of the molecule is CN1CCN(CCCCC(C)(C)C(N)=NO)CC1(C)C. The fourth-order valence-corrected chi connectivity index (χ4v) is 2.70. The minimum absolute atomic E-state index is 0.212. The molecule has 1 aliphatic rings. The van der Waals surface area contributed by atoms with E-state index in [1.807, 2.05) is 13.8 Å². The van der Waals surface area contributed by atoms with E-state index in [1.165, 1.54) is 6.42 Å². The fraction of sp³-hybridized carbons (Fsp3) is 0.933. The lowest BCUT2D eigenvalue weighted by Gasteiger charge is -2.45. The number of nitrogens with two attached hydrogens (primary N) is 1. The molecule has 0 atom stereocenters. The highest BCUT2D eigenvalue weighted by Crippen LogP contribution is 2.24. The van der Waals surface area contributed by atoms with Crippen molar-refractivity contribution in [2.75, 3.05) is 33.2 Å². The number of hydrogen-bond donors (Lipinski definition) is 2. The van der Waals surface area contributed by atoms with E-state index in [-0.39, 0.29) is 11.0 Å². The molecule has 0 aromatic rings. The molecule has 0 bridgehead atoms. The van der Waals surface area contributed by atoms with E-state index in [2.05, 4.69) is 35.9 Å². The number of unbranched alkanes of at least 4 members (excludes halogenated alkanes) is 1. The molecule has 5 heteroatoms. The molecule has 0 amide bonds. The van der Waals surface area contributed by atoms with E-state index in [0.717, 1.165) is 39.0 Å². The summed E-state index contributed by atoms with van der Waals surface area (Å²) in [4.78, 5) is 4.99. The van der Waals surface area contributed by atoms with Crippen molar-refractivity contribution in [1.29, 1.82) is 0 Å². The number of likely N-dealkylation sites (N-methyl/N-ethyl adjacent to an activating group) is 1. The Morgan fingerprint density at radius 1 is 1.30 bits per heavy atom. The van der Waals surface area contributed by atoms with E-state index >= 15 is 0 Å². The second-order valence-corrected chi connectivity index (χ2v) is 7.34. The molecule has 0 aromatic carbocycles. The van der Waals surface area contributed by atoms with Gasteiger partial charge in [0.15, 0.2) is 0 Å². The Hall–Kier alpha value is -0.810. The molecule has 1 rings (SSSR count). The predicted octanol–water partition coefficient (Wildman–Crippen LogP) is 1.96. The first kappa shape index (κ1) is 17.2. The van der Waals surface area contributed by atoms with Crippen molar-refractivity contribution < 1.29 is 5.21 Å². The predicted molar refractivity (Wildman–Crippen MR) is 84.2 cm³/mol. The van der Waals surface area contributed by atoms with Crippen LogP contribution in [0.3, 0.4) is 0 Å². The first-order valence-electron chi connectivity index (χ1n) is 7.61. The van der Waals surface area contributed by atoms with Gasteiger partial charge in [-0.1, -0.05) is 25.4 Å². The molecule has 0 radical (unpaired) electrons. The van der Waals surface area contributed by atoms with Crippen LogP contribution in [-0.2, 0) is 0 Å². The van der Waals surface area contributed by atoms with Crippen molar-refractivity contribution in [2.45, 2.75) is 52.5 Å². The van der Waals surface area contributed by atoms with Gasteiger partial charge in [0, 0.05) is 30.6 Å². The van der Waals surface area contributed by atoms with Gasteiger partial charge in [-0.3, -0.25) is 4.90 Å². The Bertz CT molecular complexity index is 339. The van der Waals surface area contributed by atoms with Crippen molar-refractivity contribution in [2.24, 2.45) is 16.3 Å². The second kappa shape index (κ2) is 6.76. The lowest BCUT2D eigenvalue weighted by molar-refractivity contribution is 0.0390. The Morgan fingerprint density at radius 3 is 2.50 bits per heavy atom. The van der Waals surface area contributed by atoms with Crippen molar-refractivity contribution in [3.63, 3.8) is 0 Å². The Labute approximate surface area is 123 Å². The van der Waals surface area contributed by atoms with Gasteiger partial charge in [-0.05, 0) is 40.3 Å². The second-order valence-electron chi connectivity index (χ2n) is 7.34. The monoisotopic (exact) mass is 284 g/mol. The quantitative estimate of drug-likeness (QED) is 0.257. The summed E-state index contributed by atoms with van der Waals surface area (Å²) in [7, 11) is 2.21. The zero-order valence-corrected chi connectivity index (χ0v) is 13.8. The topological polar surface area (TPSA) is 65.1 Å². The van der Waals surface area contributed by atoms with Gasteiger partial charge in [0.1, 0.15) is 5.84 Å². The molecule has 1 saturated heterocycles. The Balaban J connectivity index is 2.29. The number of hydrogen-bond acceptors (Lipinski definition) is 4. The average molecular weight is 284 g/mol. The summed E-state index contributed by atoms with van der Waals surface area (Å²) in [5.74, 6) is 0.332. The van der Waals surface area contributed by atoms with Crippen LogP contribution in [0.4, 0.5) is 0 Å². The van der Waals surface area contributed by atoms with Crippen LogP contribution in [0.5, 0.6) is 0 Å². The zero-order valence-electron chi connectivity index (χ0n) is 13.8. The summed E-state index contributed by atoms with van der Waals surface area (Å²) in [5.41, 5.74) is 5.77. The lowest BCUT2D eigenvalue weighted by atomic mass is 9.86. The van der Waals surface area contributed by atoms with Crippen LogP contribution in [0.1, 0.15) is 47.0 Å². The van der Waals surface area contributed by atoms with Crippen LogP contribution in [0.15, 0.2) is 5.16 Å². The summed E-state index contributed by atoms with van der Waals surface area (Å²) in [6, 6.07) is 0. The van der Waals surface area contributed by atoms with Crippen LogP contribution < -0.4 is 5.73 Å². The highest BCUT2D eigenvalue weighted by molar-refractivity contribution is 5.85. The third-order valence-corrected chi connectivity index (χ3v) is 4.72. The molecule has 5 nitrogen and oxygen atoms in total. The van der Waals surface area contributed by atoms with Gasteiger partial charge in [0.05, 0.1) is 0 Å². The Morgan fingerprint density at radius 2 is 1.95 bits per heavy atom. The van der Waals surface area contributed by atoms with E-state index in [4.69, 9.17) is 10.9 Å². The van der Waals surface area contributed by atoms with E-state index < -0.39 is 0 Å². The molecule has 3 N–H and O–H groups in total. The zero-order chi connectivity index (χ0) is 15.4. The van der Waals surface area contributed by atoms with E-state index in [0.29, 0.717) is 5.84 Å². The van der Waals surface area contributed by atoms with Gasteiger partial charge >= 0.3 is 0 Å². The maximum atomic E-state index is 8.76. The average Bonchev–Trinajstić information content (AvgIpc) is 2.37. The molecule has 0 unspecified atom stereocenters. The smallest absolute Gasteiger partial charge is 0.144 e. The molecule has 0 aliphatic carbocycles. The number of nitrogens with zero attached hydrogens (tertiary/aromatic N) is 3. The molecule has 0 aromatic heterocycles. The van der Waals surface area contributed by atoms with Gasteiger partial charge < -0.3 is 15.8 Å². The van der Waals surface area contributed by atoms with Gasteiger partial charge in [0.2, 0.25) is 0 Å². The highest BCUT2D eigenvalue weighted by Gasteiger charge is 2.30. The number of piperazine rings is 1. The molecule has 0 saturated carbocycles. The van der Waals surface area contributed by atoms with Crippen molar-refractivity contribution in [3.05, 3.63) is 0 Å². The molecular formula is C15H32N4O. The summed E-state index contributed by atoms with van der Waals surface area (Å²) < 4.78 is 0. The van der Waals surface area contributed by atoms with Gasteiger partial charge in [-0.2, -0.15) is 0 Å². The number of amidine groups is 1. The number of oxime groups is 1. The van der Waals surface area contributed by atoms with Crippen molar-refractivity contribution in [1.82, 2.24) is 9.80 Å². The van der Waals surface area contributed by atoms with E-state index in [9.17, 15) is 0 Å². The maximum Gasteiger partial charge on any atom is 0.144 e. The molecule has 1 fully saturated rings. The van der Waals surface area contributed by atoms with Crippen LogP contribution in [0, 0.1) is 5.41 Å². The van der Waals surface area contributed by atoms with Gasteiger partial charge in [0.25, 0.3) is 0 Å². The normalized spacial score (nSPS) is 22.1. The molecule has 118 valence electrons. The summed E-state index contributed by atoms with van der Waals surface area (Å²) in [5, 5.41) is 11.9.